The molecule has 1 aliphatic heterocycles. The number of fused-ring (bicyclic) bond motifs is 1. The summed E-state index contributed by atoms with van der Waals surface area (Å²) in [5, 5.41) is 0. The highest BCUT2D eigenvalue weighted by molar-refractivity contribution is 6.14. The van der Waals surface area contributed by atoms with Gasteiger partial charge in [0, 0.05) is 6.07 Å². The van der Waals surface area contributed by atoms with E-state index in [9.17, 15) is 4.79 Å². The van der Waals surface area contributed by atoms with E-state index in [1.165, 1.54) is 0 Å². The Labute approximate surface area is 122 Å². The van der Waals surface area contributed by atoms with Crippen LogP contribution in [-0.4, -0.2) is 20.0 Å². The fourth-order valence-electron chi connectivity index (χ4n) is 2.15. The summed E-state index contributed by atoms with van der Waals surface area (Å²) in [7, 11) is 3.19. The van der Waals surface area contributed by atoms with Gasteiger partial charge in [0.15, 0.2) is 5.76 Å². The fraction of sp³-hybridized carbons (Fsp3) is 0.118. The van der Waals surface area contributed by atoms with Crippen molar-refractivity contribution < 1.29 is 19.0 Å². The monoisotopic (exact) mass is 282 g/mol. The molecule has 0 saturated heterocycles. The smallest absolute Gasteiger partial charge is 0.231 e. The van der Waals surface area contributed by atoms with Gasteiger partial charge < -0.3 is 14.2 Å². The van der Waals surface area contributed by atoms with Gasteiger partial charge in [0.1, 0.15) is 17.2 Å². The molecule has 106 valence electrons. The Hall–Kier alpha value is -2.75. The molecule has 4 heteroatoms. The molecule has 0 unspecified atom stereocenters. The standard InChI is InChI=1S/C17H14O4/c1-19-12-5-3-11(4-6-12)9-16-17(18)14-8-7-13(20-2)10-15(14)21-16/h3-10H,1-2H3/b16-9+. The SMILES string of the molecule is COc1ccc(/C=C2/Oc3cc(OC)ccc3C2=O)cc1. The molecule has 1 heterocycles. The highest BCUT2D eigenvalue weighted by Gasteiger charge is 2.27. The molecule has 0 N–H and O–H groups in total. The van der Waals surface area contributed by atoms with Crippen LogP contribution < -0.4 is 14.2 Å². The van der Waals surface area contributed by atoms with E-state index in [2.05, 4.69) is 0 Å². The minimum atomic E-state index is -0.122. The minimum absolute atomic E-state index is 0.122. The van der Waals surface area contributed by atoms with Crippen LogP contribution in [0.15, 0.2) is 48.2 Å². The topological polar surface area (TPSA) is 44.8 Å². The largest absolute Gasteiger partial charge is 0.497 e. The molecule has 21 heavy (non-hydrogen) atoms. The lowest BCUT2D eigenvalue weighted by atomic mass is 10.1. The highest BCUT2D eigenvalue weighted by atomic mass is 16.5. The average molecular weight is 282 g/mol. The third-order valence-electron chi connectivity index (χ3n) is 3.29. The van der Waals surface area contributed by atoms with Crippen molar-refractivity contribution in [1.82, 2.24) is 0 Å². The van der Waals surface area contributed by atoms with Gasteiger partial charge in [0.25, 0.3) is 0 Å². The van der Waals surface area contributed by atoms with Gasteiger partial charge in [-0.2, -0.15) is 0 Å². The summed E-state index contributed by atoms with van der Waals surface area (Å²) in [6, 6.07) is 12.6. The number of Topliss-reactive ketones (excluding diaryl/α,β-unsaturated/α-hetero) is 1. The van der Waals surface area contributed by atoms with Gasteiger partial charge in [-0.3, -0.25) is 4.79 Å². The molecular weight excluding hydrogens is 268 g/mol. The van der Waals surface area contributed by atoms with Gasteiger partial charge in [-0.25, -0.2) is 0 Å². The van der Waals surface area contributed by atoms with Crippen molar-refractivity contribution in [2.75, 3.05) is 14.2 Å². The van der Waals surface area contributed by atoms with Crippen molar-refractivity contribution in [2.24, 2.45) is 0 Å². The normalized spacial score (nSPS) is 14.8. The Morgan fingerprint density at radius 2 is 1.62 bits per heavy atom. The number of benzene rings is 2. The molecule has 0 fully saturated rings. The van der Waals surface area contributed by atoms with Crippen molar-refractivity contribution in [2.45, 2.75) is 0 Å². The van der Waals surface area contributed by atoms with Crippen molar-refractivity contribution in [1.29, 1.82) is 0 Å². The molecule has 0 amide bonds. The minimum Gasteiger partial charge on any atom is -0.497 e. The van der Waals surface area contributed by atoms with Crippen LogP contribution >= 0.6 is 0 Å². The van der Waals surface area contributed by atoms with E-state index in [0.29, 0.717) is 22.8 Å². The summed E-state index contributed by atoms with van der Waals surface area (Å²) in [6.07, 6.45) is 1.72. The Kier molecular flexibility index (Phi) is 3.36. The predicted molar refractivity (Wildman–Crippen MR) is 78.9 cm³/mol. The second-order valence-electron chi connectivity index (χ2n) is 4.58. The maximum atomic E-state index is 12.3. The van der Waals surface area contributed by atoms with Crippen molar-refractivity contribution >= 4 is 11.9 Å². The molecule has 0 saturated carbocycles. The van der Waals surface area contributed by atoms with E-state index >= 15 is 0 Å². The van der Waals surface area contributed by atoms with Gasteiger partial charge in [0.2, 0.25) is 5.78 Å². The molecule has 0 aliphatic carbocycles. The van der Waals surface area contributed by atoms with Crippen molar-refractivity contribution in [3.63, 3.8) is 0 Å². The maximum Gasteiger partial charge on any atom is 0.231 e. The number of ketones is 1. The molecule has 1 aliphatic rings. The van der Waals surface area contributed by atoms with E-state index in [4.69, 9.17) is 14.2 Å². The van der Waals surface area contributed by atoms with Crippen LogP contribution in [0.25, 0.3) is 6.08 Å². The third-order valence-corrected chi connectivity index (χ3v) is 3.29. The zero-order valence-corrected chi connectivity index (χ0v) is 11.8. The van der Waals surface area contributed by atoms with Crippen LogP contribution in [0, 0.1) is 0 Å². The van der Waals surface area contributed by atoms with Crippen LogP contribution in [0.5, 0.6) is 17.2 Å². The van der Waals surface area contributed by atoms with Gasteiger partial charge in [-0.15, -0.1) is 0 Å². The Balaban J connectivity index is 1.90. The summed E-state index contributed by atoms with van der Waals surface area (Å²) < 4.78 is 15.9. The van der Waals surface area contributed by atoms with Crippen LogP contribution in [0.1, 0.15) is 15.9 Å². The first-order valence-electron chi connectivity index (χ1n) is 6.47. The summed E-state index contributed by atoms with van der Waals surface area (Å²) in [5.41, 5.74) is 1.43. The van der Waals surface area contributed by atoms with E-state index in [0.717, 1.165) is 11.3 Å². The van der Waals surface area contributed by atoms with E-state index in [-0.39, 0.29) is 5.78 Å². The number of carbonyl (C=O) groups excluding carboxylic acids is 1. The molecule has 0 bridgehead atoms. The van der Waals surface area contributed by atoms with E-state index in [1.54, 1.807) is 38.5 Å². The maximum absolute atomic E-state index is 12.3. The van der Waals surface area contributed by atoms with Crippen LogP contribution in [0.4, 0.5) is 0 Å². The lowest BCUT2D eigenvalue weighted by molar-refractivity contribution is 0.101. The quantitative estimate of drug-likeness (QED) is 0.810. The number of hydrogen-bond donors (Lipinski definition) is 0. The second kappa shape index (κ2) is 5.32. The number of hydrogen-bond acceptors (Lipinski definition) is 4. The third kappa shape index (κ3) is 2.48. The first-order chi connectivity index (χ1) is 10.2. The highest BCUT2D eigenvalue weighted by Crippen LogP contribution is 2.34. The van der Waals surface area contributed by atoms with Gasteiger partial charge in [-0.1, -0.05) is 12.1 Å². The summed E-state index contributed by atoms with van der Waals surface area (Å²) in [5.74, 6) is 2.14. The van der Waals surface area contributed by atoms with Crippen molar-refractivity contribution in [3.8, 4) is 17.2 Å². The van der Waals surface area contributed by atoms with Gasteiger partial charge >= 0.3 is 0 Å². The molecule has 4 nitrogen and oxygen atoms in total. The fourth-order valence-corrected chi connectivity index (χ4v) is 2.15. The lowest BCUT2D eigenvalue weighted by Gasteiger charge is -2.02. The van der Waals surface area contributed by atoms with E-state index in [1.807, 2.05) is 24.3 Å². The molecular formula is C17H14O4. The molecule has 2 aromatic carbocycles. The number of ether oxygens (including phenoxy) is 3. The van der Waals surface area contributed by atoms with Crippen LogP contribution in [0.3, 0.4) is 0 Å². The van der Waals surface area contributed by atoms with Gasteiger partial charge in [-0.05, 0) is 35.9 Å². The first kappa shape index (κ1) is 13.2. The summed E-state index contributed by atoms with van der Waals surface area (Å²) in [4.78, 5) is 12.3. The summed E-state index contributed by atoms with van der Waals surface area (Å²) >= 11 is 0. The zero-order valence-electron chi connectivity index (χ0n) is 11.8. The lowest BCUT2D eigenvalue weighted by Crippen LogP contribution is -1.97. The van der Waals surface area contributed by atoms with Crippen molar-refractivity contribution in [3.05, 3.63) is 59.4 Å². The molecule has 3 rings (SSSR count). The molecule has 2 aromatic rings. The first-order valence-corrected chi connectivity index (χ1v) is 6.47. The summed E-state index contributed by atoms with van der Waals surface area (Å²) in [6.45, 7) is 0. The predicted octanol–water partition coefficient (Wildman–Crippen LogP) is 3.32. The molecule has 0 spiro atoms. The Bertz CT molecular complexity index is 714. The van der Waals surface area contributed by atoms with Crippen LogP contribution in [0.2, 0.25) is 0 Å². The number of rotatable bonds is 3. The average Bonchev–Trinajstić information content (AvgIpc) is 2.83. The van der Waals surface area contributed by atoms with Crippen LogP contribution in [-0.2, 0) is 0 Å². The zero-order chi connectivity index (χ0) is 14.8. The second-order valence-corrected chi connectivity index (χ2v) is 4.58. The molecule has 0 aromatic heterocycles. The Morgan fingerprint density at radius 1 is 0.952 bits per heavy atom. The van der Waals surface area contributed by atoms with Gasteiger partial charge in [0.05, 0.1) is 19.8 Å². The molecule has 0 radical (unpaired) electrons. The van der Waals surface area contributed by atoms with E-state index < -0.39 is 0 Å². The number of allylic oxidation sites excluding steroid dienone is 1. The molecule has 0 atom stereocenters. The Morgan fingerprint density at radius 3 is 2.29 bits per heavy atom. The number of methoxy groups -OCH3 is 2. The number of carbonyl (C=O) groups is 1.